The van der Waals surface area contributed by atoms with Gasteiger partial charge in [0.25, 0.3) is 5.24 Å². The number of ether oxygens (including phenoxy) is 2. The number of carbonyl (C=O) groups excluding carboxylic acids is 4. The molecule has 0 bridgehead atoms. The van der Waals surface area contributed by atoms with E-state index in [-0.39, 0.29) is 30.1 Å². The summed E-state index contributed by atoms with van der Waals surface area (Å²) in [5.41, 5.74) is 1.63. The summed E-state index contributed by atoms with van der Waals surface area (Å²) in [5.74, 6) is -0.0494. The molecule has 0 aliphatic heterocycles. The van der Waals surface area contributed by atoms with Crippen molar-refractivity contribution in [1.82, 2.24) is 20.7 Å². The summed E-state index contributed by atoms with van der Waals surface area (Å²) in [6, 6.07) is 17.5. The summed E-state index contributed by atoms with van der Waals surface area (Å²) in [6.45, 7) is 7.09. The maximum atomic E-state index is 13.7. The fourth-order valence-corrected chi connectivity index (χ4v) is 8.90. The van der Waals surface area contributed by atoms with Crippen LogP contribution in [0.15, 0.2) is 60.7 Å². The Morgan fingerprint density at radius 2 is 1.22 bits per heavy atom. The highest BCUT2D eigenvalue weighted by atomic mass is 33.2. The predicted molar refractivity (Wildman–Crippen MR) is 189 cm³/mol. The number of nitrogens with one attached hydrogen (secondary N) is 4. The number of hydrogen-bond acceptors (Lipinski definition) is 7. The molecule has 12 heteroatoms. The fourth-order valence-electron chi connectivity index (χ4n) is 4.32. The zero-order chi connectivity index (χ0) is 33.5. The van der Waals surface area contributed by atoms with Crippen LogP contribution in [0.3, 0.4) is 0 Å². The van der Waals surface area contributed by atoms with Crippen LogP contribution < -0.4 is 20.7 Å². The Morgan fingerprint density at radius 1 is 0.696 bits per heavy atom. The van der Waals surface area contributed by atoms with Crippen molar-refractivity contribution < 1.29 is 28.7 Å². The highest BCUT2D eigenvalue weighted by Gasteiger charge is 2.36. The van der Waals surface area contributed by atoms with Gasteiger partial charge < -0.3 is 25.4 Å². The molecule has 4 amide bonds. The summed E-state index contributed by atoms with van der Waals surface area (Å²) in [4.78, 5) is 52.9. The third-order valence-electron chi connectivity index (χ3n) is 7.05. The molecule has 0 aliphatic carbocycles. The maximum Gasteiger partial charge on any atom is 0.417 e. The first-order valence-corrected chi connectivity index (χ1v) is 19.6. The van der Waals surface area contributed by atoms with Gasteiger partial charge in [0.05, 0.1) is 0 Å². The molecule has 2 atom stereocenters. The second-order valence-corrected chi connectivity index (χ2v) is 16.3. The average molecular weight is 677 g/mol. The lowest BCUT2D eigenvalue weighted by molar-refractivity contribution is -0.122. The molecular weight excluding hydrogens is 625 g/mol. The van der Waals surface area contributed by atoms with Crippen molar-refractivity contribution in [2.24, 2.45) is 0 Å². The zero-order valence-electron chi connectivity index (χ0n) is 27.5. The zero-order valence-corrected chi connectivity index (χ0v) is 29.1. The molecule has 2 unspecified atom stereocenters. The van der Waals surface area contributed by atoms with Crippen LogP contribution in [0.4, 0.5) is 14.4 Å². The van der Waals surface area contributed by atoms with Gasteiger partial charge in [-0.05, 0) is 33.2 Å². The smallest absolute Gasteiger partial charge is 0.417 e. The van der Waals surface area contributed by atoms with E-state index in [0.717, 1.165) is 73.3 Å². The molecule has 2 rings (SSSR count). The monoisotopic (exact) mass is 676 g/mol. The average Bonchev–Trinajstić information content (AvgIpc) is 3.08. The van der Waals surface area contributed by atoms with E-state index in [9.17, 15) is 19.2 Å². The number of hydrogen-bond donors (Lipinski definition) is 4. The van der Waals surface area contributed by atoms with E-state index in [1.807, 2.05) is 67.6 Å². The van der Waals surface area contributed by atoms with E-state index in [1.54, 1.807) is 0 Å². The fraction of sp³-hybridized carbons (Fsp3) is 0.529. The first kappa shape index (κ1) is 38.8. The third kappa shape index (κ3) is 15.3. The second kappa shape index (κ2) is 23.0. The SMILES string of the molecule is CCCCCCNC(=O)C(CSS(CC)(NC(=O)OCc1ccccc1)C(=O)NCCCCCC)NC(=O)OCc1ccccc1. The van der Waals surface area contributed by atoms with E-state index in [1.165, 1.54) is 0 Å². The van der Waals surface area contributed by atoms with E-state index >= 15 is 0 Å². The van der Waals surface area contributed by atoms with Gasteiger partial charge in [-0.25, -0.2) is 9.59 Å². The van der Waals surface area contributed by atoms with Crippen molar-refractivity contribution in [2.75, 3.05) is 24.6 Å². The van der Waals surface area contributed by atoms with Crippen LogP contribution in [-0.4, -0.2) is 54.0 Å². The molecule has 0 saturated heterocycles. The van der Waals surface area contributed by atoms with E-state index < -0.39 is 27.5 Å². The Morgan fingerprint density at radius 3 is 1.74 bits per heavy atom. The van der Waals surface area contributed by atoms with Crippen LogP contribution in [0, 0.1) is 0 Å². The van der Waals surface area contributed by atoms with Gasteiger partial charge in [0.2, 0.25) is 5.91 Å². The molecule has 10 nitrogen and oxygen atoms in total. The topological polar surface area (TPSA) is 135 Å². The van der Waals surface area contributed by atoms with Gasteiger partial charge >= 0.3 is 12.2 Å². The molecule has 0 fully saturated rings. The van der Waals surface area contributed by atoms with Crippen LogP contribution in [0.2, 0.25) is 0 Å². The van der Waals surface area contributed by atoms with Crippen molar-refractivity contribution in [1.29, 1.82) is 0 Å². The van der Waals surface area contributed by atoms with Crippen LogP contribution in [0.5, 0.6) is 0 Å². The highest BCUT2D eigenvalue weighted by Crippen LogP contribution is 2.57. The van der Waals surface area contributed by atoms with Crippen LogP contribution in [-0.2, 0) is 27.5 Å². The number of benzene rings is 2. The molecule has 4 N–H and O–H groups in total. The summed E-state index contributed by atoms with van der Waals surface area (Å²) >= 11 is 0. The molecule has 0 radical (unpaired) electrons. The molecule has 256 valence electrons. The van der Waals surface area contributed by atoms with Crippen molar-refractivity contribution in [3.05, 3.63) is 71.8 Å². The quantitative estimate of drug-likeness (QED) is 0.0839. The van der Waals surface area contributed by atoms with Crippen molar-refractivity contribution in [3.63, 3.8) is 0 Å². The summed E-state index contributed by atoms with van der Waals surface area (Å²) in [6.07, 6.45) is 6.43. The van der Waals surface area contributed by atoms with Gasteiger partial charge in [-0.15, -0.1) is 0 Å². The Balaban J connectivity index is 2.17. The Hall–Kier alpha value is -3.38. The van der Waals surface area contributed by atoms with E-state index in [0.29, 0.717) is 18.8 Å². The Kier molecular flexibility index (Phi) is 19.4. The lowest BCUT2D eigenvalue weighted by Gasteiger charge is -2.37. The lowest BCUT2D eigenvalue weighted by atomic mass is 10.2. The minimum Gasteiger partial charge on any atom is -0.445 e. The van der Waals surface area contributed by atoms with Crippen LogP contribution in [0.1, 0.15) is 83.3 Å². The second-order valence-electron chi connectivity index (χ2n) is 10.8. The van der Waals surface area contributed by atoms with Gasteiger partial charge in [-0.3, -0.25) is 14.3 Å². The molecule has 0 aromatic heterocycles. The minimum absolute atomic E-state index is 0.0343. The Labute approximate surface area is 279 Å². The standard InChI is InChI=1S/C34H52N4O6S2/c1-4-7-9-17-23-35-31(39)30(37-32(40)43-25-28-19-13-11-14-20-28)27-45-46(6-3,34(42)36-24-18-10-8-5-2)38-33(41)44-26-29-21-15-12-16-22-29/h11-16,19-22,30H,4-10,17-18,23-27H2,1-3H3,(H,35,39)(H,36,42)(H,37,40)(H,38,41). The van der Waals surface area contributed by atoms with Crippen molar-refractivity contribution in [2.45, 2.75) is 91.4 Å². The first-order chi connectivity index (χ1) is 22.3. The largest absolute Gasteiger partial charge is 0.445 e. The van der Waals surface area contributed by atoms with Gasteiger partial charge in [-0.1, -0.05) is 131 Å². The van der Waals surface area contributed by atoms with Gasteiger partial charge in [0.15, 0.2) is 0 Å². The molecule has 2 aromatic rings. The normalized spacial score (nSPS) is 13.4. The number of carbonyl (C=O) groups is 4. The van der Waals surface area contributed by atoms with Crippen molar-refractivity contribution >= 4 is 43.4 Å². The van der Waals surface area contributed by atoms with Crippen LogP contribution in [0.25, 0.3) is 0 Å². The molecule has 0 spiro atoms. The van der Waals surface area contributed by atoms with Gasteiger partial charge in [-0.2, -0.15) is 0 Å². The number of unbranched alkanes of at least 4 members (excludes halogenated alkanes) is 6. The number of rotatable bonds is 20. The van der Waals surface area contributed by atoms with E-state index in [2.05, 4.69) is 34.5 Å². The highest BCUT2D eigenvalue weighted by molar-refractivity contribution is 8.99. The van der Waals surface area contributed by atoms with Gasteiger partial charge in [0, 0.05) is 24.6 Å². The third-order valence-corrected chi connectivity index (χ3v) is 13.0. The lowest BCUT2D eigenvalue weighted by Crippen LogP contribution is -2.49. The van der Waals surface area contributed by atoms with Gasteiger partial charge in [0.1, 0.15) is 19.3 Å². The number of alkyl carbamates (subject to hydrolysis) is 1. The molecule has 0 aliphatic rings. The van der Waals surface area contributed by atoms with Crippen molar-refractivity contribution in [3.8, 4) is 0 Å². The molecule has 0 heterocycles. The minimum atomic E-state index is -2.59. The number of amides is 4. The first-order valence-electron chi connectivity index (χ1n) is 16.3. The molecule has 0 saturated carbocycles. The Bertz CT molecular complexity index is 1170. The summed E-state index contributed by atoms with van der Waals surface area (Å²) in [5, 5.41) is 8.28. The molecule has 2 aromatic carbocycles. The van der Waals surface area contributed by atoms with E-state index in [4.69, 9.17) is 9.47 Å². The summed E-state index contributed by atoms with van der Waals surface area (Å²) in [7, 11) is -1.43. The predicted octanol–water partition coefficient (Wildman–Crippen LogP) is 7.58. The van der Waals surface area contributed by atoms with Crippen LogP contribution >= 0.6 is 20.0 Å². The summed E-state index contributed by atoms with van der Waals surface area (Å²) < 4.78 is 13.7. The molecular formula is C34H52N4O6S2. The maximum absolute atomic E-state index is 13.7. The molecule has 46 heavy (non-hydrogen) atoms.